The van der Waals surface area contributed by atoms with Crippen LogP contribution < -0.4 is 5.73 Å². The summed E-state index contributed by atoms with van der Waals surface area (Å²) in [5.74, 6) is 0.966. The summed E-state index contributed by atoms with van der Waals surface area (Å²) in [7, 11) is 1.98. The summed E-state index contributed by atoms with van der Waals surface area (Å²) in [5, 5.41) is 8.28. The van der Waals surface area contributed by atoms with Crippen molar-refractivity contribution in [3.63, 3.8) is 0 Å². The van der Waals surface area contributed by atoms with Crippen LogP contribution in [0.5, 0.6) is 0 Å². The first-order chi connectivity index (χ1) is 9.75. The van der Waals surface area contributed by atoms with E-state index in [4.69, 9.17) is 5.73 Å². The number of likely N-dealkylation sites (tertiary alicyclic amines) is 1. The van der Waals surface area contributed by atoms with Gasteiger partial charge in [0, 0.05) is 19.6 Å². The van der Waals surface area contributed by atoms with Gasteiger partial charge in [0.15, 0.2) is 5.82 Å². The van der Waals surface area contributed by atoms with Gasteiger partial charge in [0.2, 0.25) is 0 Å². The van der Waals surface area contributed by atoms with E-state index in [9.17, 15) is 0 Å². The summed E-state index contributed by atoms with van der Waals surface area (Å²) < 4.78 is 1.98. The van der Waals surface area contributed by atoms with E-state index in [2.05, 4.69) is 39.4 Å². The lowest BCUT2D eigenvalue weighted by Crippen LogP contribution is -2.46. The van der Waals surface area contributed by atoms with Gasteiger partial charge in [0.1, 0.15) is 6.33 Å². The molecule has 2 heterocycles. The van der Waals surface area contributed by atoms with Crippen LogP contribution in [0.15, 0.2) is 36.7 Å². The number of hydrogen-bond acceptors (Lipinski definition) is 4. The maximum atomic E-state index is 6.36. The zero-order valence-corrected chi connectivity index (χ0v) is 11.8. The van der Waals surface area contributed by atoms with Gasteiger partial charge in [-0.2, -0.15) is 0 Å². The zero-order chi connectivity index (χ0) is 13.9. The highest BCUT2D eigenvalue weighted by atomic mass is 15.3. The van der Waals surface area contributed by atoms with Crippen LogP contribution in [0.1, 0.15) is 30.3 Å². The fraction of sp³-hybridized carbons (Fsp3) is 0.467. The molecular formula is C15H21N5. The number of piperidine rings is 1. The molecule has 1 aliphatic heterocycles. The summed E-state index contributed by atoms with van der Waals surface area (Å²) in [4.78, 5) is 2.42. The highest BCUT2D eigenvalue weighted by Gasteiger charge is 2.33. The van der Waals surface area contributed by atoms with Gasteiger partial charge >= 0.3 is 0 Å². The van der Waals surface area contributed by atoms with Crippen LogP contribution in [0.3, 0.4) is 0 Å². The third-order valence-corrected chi connectivity index (χ3v) is 4.02. The molecule has 2 aromatic rings. The number of nitrogens with two attached hydrogens (primary N) is 1. The average molecular weight is 271 g/mol. The molecule has 3 rings (SSSR count). The van der Waals surface area contributed by atoms with Gasteiger partial charge in [-0.25, -0.2) is 0 Å². The maximum absolute atomic E-state index is 6.36. The van der Waals surface area contributed by atoms with Gasteiger partial charge in [0.05, 0.1) is 6.04 Å². The molecule has 1 aromatic heterocycles. The Bertz CT molecular complexity index is 550. The molecule has 0 radical (unpaired) electrons. The number of benzene rings is 1. The second kappa shape index (κ2) is 5.73. The van der Waals surface area contributed by atoms with Crippen molar-refractivity contribution in [1.29, 1.82) is 0 Å². The molecule has 1 fully saturated rings. The SMILES string of the molecule is Cn1cnnc1C1C(N)CCCN1Cc1ccccc1. The quantitative estimate of drug-likeness (QED) is 0.918. The summed E-state index contributed by atoms with van der Waals surface area (Å²) >= 11 is 0. The first-order valence-electron chi connectivity index (χ1n) is 7.13. The number of rotatable bonds is 3. The molecule has 5 heteroatoms. The van der Waals surface area contributed by atoms with Crippen molar-refractivity contribution in [2.75, 3.05) is 6.54 Å². The predicted molar refractivity (Wildman–Crippen MR) is 77.8 cm³/mol. The fourth-order valence-electron chi connectivity index (χ4n) is 3.01. The van der Waals surface area contributed by atoms with Crippen LogP contribution in [-0.2, 0) is 13.6 Å². The van der Waals surface area contributed by atoms with Crippen molar-refractivity contribution >= 4 is 0 Å². The molecular weight excluding hydrogens is 250 g/mol. The maximum Gasteiger partial charge on any atom is 0.151 e. The highest BCUT2D eigenvalue weighted by molar-refractivity contribution is 5.15. The van der Waals surface area contributed by atoms with Crippen molar-refractivity contribution in [2.24, 2.45) is 12.8 Å². The Kier molecular flexibility index (Phi) is 3.80. The summed E-state index contributed by atoms with van der Waals surface area (Å²) in [6, 6.07) is 10.8. The minimum absolute atomic E-state index is 0.121. The van der Waals surface area contributed by atoms with Crippen molar-refractivity contribution < 1.29 is 0 Å². The normalized spacial score (nSPS) is 23.9. The number of aromatic nitrogens is 3. The summed E-state index contributed by atoms with van der Waals surface area (Å²) in [6.45, 7) is 1.96. The lowest BCUT2D eigenvalue weighted by molar-refractivity contribution is 0.111. The van der Waals surface area contributed by atoms with Gasteiger partial charge in [-0.15, -0.1) is 10.2 Å². The first-order valence-corrected chi connectivity index (χ1v) is 7.13. The number of aryl methyl sites for hydroxylation is 1. The van der Waals surface area contributed by atoms with Crippen LogP contribution in [0.25, 0.3) is 0 Å². The molecule has 2 unspecified atom stereocenters. The monoisotopic (exact) mass is 271 g/mol. The topological polar surface area (TPSA) is 60.0 Å². The van der Waals surface area contributed by atoms with Crippen molar-refractivity contribution in [1.82, 2.24) is 19.7 Å². The minimum atomic E-state index is 0.121. The Morgan fingerprint density at radius 1 is 1.30 bits per heavy atom. The molecule has 2 atom stereocenters. The van der Waals surface area contributed by atoms with Crippen molar-refractivity contribution in [3.05, 3.63) is 48.0 Å². The largest absolute Gasteiger partial charge is 0.326 e. The third kappa shape index (κ3) is 2.59. The first kappa shape index (κ1) is 13.3. The van der Waals surface area contributed by atoms with Gasteiger partial charge in [0.25, 0.3) is 0 Å². The Morgan fingerprint density at radius 2 is 2.10 bits per heavy atom. The predicted octanol–water partition coefficient (Wildman–Crippen LogP) is 1.48. The molecule has 20 heavy (non-hydrogen) atoms. The summed E-state index contributed by atoms with van der Waals surface area (Å²) in [6.07, 6.45) is 3.93. The van der Waals surface area contributed by atoms with E-state index in [0.29, 0.717) is 0 Å². The second-order valence-electron chi connectivity index (χ2n) is 5.51. The molecule has 106 valence electrons. The van der Waals surface area contributed by atoms with Crippen LogP contribution in [0, 0.1) is 0 Å². The van der Waals surface area contributed by atoms with Gasteiger partial charge in [-0.05, 0) is 24.9 Å². The second-order valence-corrected chi connectivity index (χ2v) is 5.51. The number of nitrogens with zero attached hydrogens (tertiary/aromatic N) is 4. The zero-order valence-electron chi connectivity index (χ0n) is 11.8. The Hall–Kier alpha value is -1.72. The lowest BCUT2D eigenvalue weighted by atomic mass is 9.95. The molecule has 1 saturated heterocycles. The van der Waals surface area contributed by atoms with Crippen molar-refractivity contribution in [2.45, 2.75) is 31.5 Å². The smallest absolute Gasteiger partial charge is 0.151 e. The van der Waals surface area contributed by atoms with Gasteiger partial charge in [-0.1, -0.05) is 30.3 Å². The van der Waals surface area contributed by atoms with Crippen LogP contribution in [0.2, 0.25) is 0 Å². The lowest BCUT2D eigenvalue weighted by Gasteiger charge is -2.39. The molecule has 2 N–H and O–H groups in total. The van der Waals surface area contributed by atoms with Crippen LogP contribution >= 0.6 is 0 Å². The molecule has 1 aromatic carbocycles. The highest BCUT2D eigenvalue weighted by Crippen LogP contribution is 2.29. The van der Waals surface area contributed by atoms with Gasteiger partial charge < -0.3 is 10.3 Å². The van der Waals surface area contributed by atoms with E-state index in [1.54, 1.807) is 6.33 Å². The molecule has 0 amide bonds. The molecule has 0 aliphatic carbocycles. The van der Waals surface area contributed by atoms with E-state index in [1.807, 2.05) is 17.7 Å². The Morgan fingerprint density at radius 3 is 2.80 bits per heavy atom. The molecule has 0 bridgehead atoms. The Balaban J connectivity index is 1.85. The fourth-order valence-corrected chi connectivity index (χ4v) is 3.01. The van der Waals surface area contributed by atoms with Gasteiger partial charge in [-0.3, -0.25) is 4.90 Å². The van der Waals surface area contributed by atoms with E-state index in [1.165, 1.54) is 5.56 Å². The van der Waals surface area contributed by atoms with E-state index in [0.717, 1.165) is 31.8 Å². The van der Waals surface area contributed by atoms with Crippen LogP contribution in [-0.4, -0.2) is 32.3 Å². The average Bonchev–Trinajstić information content (AvgIpc) is 2.86. The van der Waals surface area contributed by atoms with E-state index in [-0.39, 0.29) is 12.1 Å². The standard InChI is InChI=1S/C15H21N5/c1-19-11-17-18-15(19)14-13(16)8-5-9-20(14)10-12-6-3-2-4-7-12/h2-4,6-7,11,13-14H,5,8-10,16H2,1H3. The molecule has 0 saturated carbocycles. The van der Waals surface area contributed by atoms with E-state index < -0.39 is 0 Å². The summed E-state index contributed by atoms with van der Waals surface area (Å²) in [5.41, 5.74) is 7.67. The van der Waals surface area contributed by atoms with Crippen molar-refractivity contribution in [3.8, 4) is 0 Å². The third-order valence-electron chi connectivity index (χ3n) is 4.02. The molecule has 1 aliphatic rings. The molecule has 0 spiro atoms. The van der Waals surface area contributed by atoms with E-state index >= 15 is 0 Å². The van der Waals surface area contributed by atoms with Crippen LogP contribution in [0.4, 0.5) is 0 Å². The Labute approximate surface area is 119 Å². The number of hydrogen-bond donors (Lipinski definition) is 1. The minimum Gasteiger partial charge on any atom is -0.326 e. The molecule has 5 nitrogen and oxygen atoms in total.